The van der Waals surface area contributed by atoms with Crippen LogP contribution in [0.3, 0.4) is 0 Å². The number of carbonyl (C=O) groups excluding carboxylic acids is 3. The molecule has 2 heterocycles. The molecule has 1 aromatic carbocycles. The van der Waals surface area contributed by atoms with Crippen molar-refractivity contribution >= 4 is 69.7 Å². The number of benzene rings is 1. The fourth-order valence-electron chi connectivity index (χ4n) is 3.84. The van der Waals surface area contributed by atoms with Gasteiger partial charge in [-0.05, 0) is 45.4 Å². The van der Waals surface area contributed by atoms with Crippen LogP contribution in [0.25, 0.3) is 5.57 Å². The Kier molecular flexibility index (Phi) is 8.39. The van der Waals surface area contributed by atoms with Crippen LogP contribution in [0.5, 0.6) is 5.75 Å². The van der Waals surface area contributed by atoms with Crippen LogP contribution in [0, 0.1) is 5.92 Å². The van der Waals surface area contributed by atoms with Crippen LogP contribution < -0.4 is 9.64 Å². The Morgan fingerprint density at radius 3 is 2.11 bits per heavy atom. The van der Waals surface area contributed by atoms with E-state index in [1.807, 2.05) is 52.8 Å². The minimum absolute atomic E-state index is 0.0235. The third-order valence-electron chi connectivity index (χ3n) is 5.93. The average Bonchev–Trinajstić information content (AvgIpc) is 3.28. The van der Waals surface area contributed by atoms with E-state index < -0.39 is 17.5 Å². The van der Waals surface area contributed by atoms with Gasteiger partial charge in [0.2, 0.25) is 5.91 Å². The van der Waals surface area contributed by atoms with Crippen molar-refractivity contribution in [2.45, 2.75) is 46.6 Å². The zero-order valence-electron chi connectivity index (χ0n) is 20.8. The molecule has 2 aliphatic rings. The first-order chi connectivity index (χ1) is 16.5. The van der Waals surface area contributed by atoms with Gasteiger partial charge in [-0.3, -0.25) is 4.79 Å². The fourth-order valence-corrected chi connectivity index (χ4v) is 6.88. The molecule has 1 amide bonds. The van der Waals surface area contributed by atoms with Crippen molar-refractivity contribution in [1.29, 1.82) is 0 Å². The number of ether oxygens (including phenoxy) is 3. The number of amides is 1. The second-order valence-electron chi connectivity index (χ2n) is 8.49. The molecule has 10 heteroatoms. The quantitative estimate of drug-likeness (QED) is 0.273. The summed E-state index contributed by atoms with van der Waals surface area (Å²) in [5.41, 5.74) is 1.26. The van der Waals surface area contributed by atoms with E-state index in [0.29, 0.717) is 44.7 Å². The summed E-state index contributed by atoms with van der Waals surface area (Å²) >= 11 is 8.25. The van der Waals surface area contributed by atoms with E-state index in [0.717, 1.165) is 23.5 Å². The predicted octanol–water partition coefficient (Wildman–Crippen LogP) is 5.33. The number of methoxy groups -OCH3 is 2. The Balaban J connectivity index is 2.28. The van der Waals surface area contributed by atoms with Gasteiger partial charge in [0.05, 0.1) is 41.2 Å². The fraction of sp³-hybridized carbons (Fsp3) is 0.440. The number of hydrogen-bond acceptors (Lipinski definition) is 9. The number of thioether (sulfide) groups is 2. The topological polar surface area (TPSA) is 82.1 Å². The standard InChI is InChI=1S/C25H29NO6S3/c1-8-13(3)21(27)26-16-11-10-14(32-9-2)12-15(16)17(20(33)25(26,4)5)24-34-18(22(28)30-6)19(35-24)23(29)31-7/h10-13H,8-9H2,1-7H3/t13-/m1/s1. The van der Waals surface area contributed by atoms with Crippen LogP contribution in [0.2, 0.25) is 0 Å². The molecule has 3 rings (SSSR count). The summed E-state index contributed by atoms with van der Waals surface area (Å²) in [7, 11) is 2.52. The SMILES string of the molecule is CCOc1ccc2c(c1)C(=C1SC(C(=O)OC)=C(C(=O)OC)S1)C(=S)C(C)(C)N2C(=O)[C@H](C)CC. The van der Waals surface area contributed by atoms with Crippen molar-refractivity contribution in [3.63, 3.8) is 0 Å². The largest absolute Gasteiger partial charge is 0.494 e. The Labute approximate surface area is 219 Å². The molecular weight excluding hydrogens is 506 g/mol. The van der Waals surface area contributed by atoms with Crippen LogP contribution in [-0.2, 0) is 23.9 Å². The van der Waals surface area contributed by atoms with E-state index >= 15 is 0 Å². The molecule has 0 spiro atoms. The maximum absolute atomic E-state index is 13.5. The summed E-state index contributed by atoms with van der Waals surface area (Å²) < 4.78 is 16.2. The van der Waals surface area contributed by atoms with Gasteiger partial charge in [-0.25, -0.2) is 9.59 Å². The molecule has 0 saturated carbocycles. The van der Waals surface area contributed by atoms with Crippen LogP contribution in [-0.4, -0.2) is 49.1 Å². The van der Waals surface area contributed by atoms with Gasteiger partial charge >= 0.3 is 11.9 Å². The maximum atomic E-state index is 13.5. The second-order valence-corrected chi connectivity index (χ2v) is 11.2. The minimum atomic E-state index is -0.834. The van der Waals surface area contributed by atoms with E-state index in [1.165, 1.54) is 14.2 Å². The van der Waals surface area contributed by atoms with Gasteiger partial charge < -0.3 is 19.1 Å². The molecule has 188 valence electrons. The summed E-state index contributed by atoms with van der Waals surface area (Å²) in [6.45, 7) is 10.1. The van der Waals surface area contributed by atoms with Gasteiger partial charge in [-0.1, -0.05) is 49.6 Å². The molecular formula is C25H29NO6S3. The van der Waals surface area contributed by atoms with Gasteiger partial charge in [0, 0.05) is 17.1 Å². The average molecular weight is 536 g/mol. The lowest BCUT2D eigenvalue weighted by Gasteiger charge is -2.46. The number of esters is 2. The molecule has 0 bridgehead atoms. The number of hydrogen-bond donors (Lipinski definition) is 0. The number of fused-ring (bicyclic) bond motifs is 1. The second kappa shape index (κ2) is 10.8. The summed E-state index contributed by atoms with van der Waals surface area (Å²) in [6.07, 6.45) is 0.694. The smallest absolute Gasteiger partial charge is 0.346 e. The molecule has 0 unspecified atom stereocenters. The summed E-state index contributed by atoms with van der Waals surface area (Å²) in [4.78, 5) is 41.0. The molecule has 0 radical (unpaired) electrons. The van der Waals surface area contributed by atoms with Crippen molar-refractivity contribution < 1.29 is 28.6 Å². The summed E-state index contributed by atoms with van der Waals surface area (Å²) in [5.74, 6) is -0.845. The highest BCUT2D eigenvalue weighted by molar-refractivity contribution is 8.29. The van der Waals surface area contributed by atoms with E-state index in [-0.39, 0.29) is 21.6 Å². The van der Waals surface area contributed by atoms with Crippen molar-refractivity contribution in [3.05, 3.63) is 37.8 Å². The van der Waals surface area contributed by atoms with Crippen molar-refractivity contribution in [2.24, 2.45) is 5.92 Å². The van der Waals surface area contributed by atoms with E-state index in [9.17, 15) is 14.4 Å². The van der Waals surface area contributed by atoms with Crippen molar-refractivity contribution in [2.75, 3.05) is 25.7 Å². The van der Waals surface area contributed by atoms with Gasteiger partial charge in [0.25, 0.3) is 0 Å². The summed E-state index contributed by atoms with van der Waals surface area (Å²) in [5, 5.41) is 0. The number of thiocarbonyl (C=S) groups is 1. The number of nitrogens with zero attached hydrogens (tertiary/aromatic N) is 1. The van der Waals surface area contributed by atoms with E-state index in [2.05, 4.69) is 0 Å². The Bertz CT molecular complexity index is 1120. The normalized spacial score (nSPS) is 17.8. The Morgan fingerprint density at radius 2 is 1.63 bits per heavy atom. The number of anilines is 1. The lowest BCUT2D eigenvalue weighted by Crippen LogP contribution is -2.57. The molecule has 0 N–H and O–H groups in total. The molecule has 35 heavy (non-hydrogen) atoms. The molecule has 0 aromatic heterocycles. The highest BCUT2D eigenvalue weighted by atomic mass is 32.2. The van der Waals surface area contributed by atoms with Gasteiger partial charge in [0.1, 0.15) is 15.6 Å². The van der Waals surface area contributed by atoms with Crippen molar-refractivity contribution in [3.8, 4) is 5.75 Å². The monoisotopic (exact) mass is 535 g/mol. The molecule has 0 aliphatic carbocycles. The van der Waals surface area contributed by atoms with Crippen molar-refractivity contribution in [1.82, 2.24) is 0 Å². The maximum Gasteiger partial charge on any atom is 0.346 e. The first kappa shape index (κ1) is 27.3. The lowest BCUT2D eigenvalue weighted by atomic mass is 9.82. The number of rotatable bonds is 6. The zero-order chi connectivity index (χ0) is 26.1. The number of carbonyl (C=O) groups is 3. The van der Waals surface area contributed by atoms with Crippen LogP contribution in [0.15, 0.2) is 32.2 Å². The highest BCUT2D eigenvalue weighted by Crippen LogP contribution is 2.56. The zero-order valence-corrected chi connectivity index (χ0v) is 23.3. The lowest BCUT2D eigenvalue weighted by molar-refractivity contribution is -0.138. The highest BCUT2D eigenvalue weighted by Gasteiger charge is 2.46. The Morgan fingerprint density at radius 1 is 1.06 bits per heavy atom. The molecule has 7 nitrogen and oxygen atoms in total. The third-order valence-corrected chi connectivity index (χ3v) is 9.19. The molecule has 0 fully saturated rings. The Hall–Kier alpha value is -2.30. The van der Waals surface area contributed by atoms with Crippen LogP contribution in [0.4, 0.5) is 5.69 Å². The minimum Gasteiger partial charge on any atom is -0.494 e. The molecule has 2 aliphatic heterocycles. The van der Waals surface area contributed by atoms with Crippen LogP contribution >= 0.6 is 35.7 Å². The van der Waals surface area contributed by atoms with Gasteiger partial charge in [0.15, 0.2) is 0 Å². The molecule has 1 aromatic rings. The first-order valence-corrected chi connectivity index (χ1v) is 13.2. The van der Waals surface area contributed by atoms with E-state index in [4.69, 9.17) is 26.4 Å². The van der Waals surface area contributed by atoms with E-state index in [1.54, 1.807) is 4.90 Å². The summed E-state index contributed by atoms with van der Waals surface area (Å²) in [6, 6.07) is 5.55. The van der Waals surface area contributed by atoms with Gasteiger partial charge in [-0.2, -0.15) is 0 Å². The van der Waals surface area contributed by atoms with Crippen LogP contribution in [0.1, 0.15) is 46.6 Å². The molecule has 1 atom stereocenters. The predicted molar refractivity (Wildman–Crippen MR) is 144 cm³/mol. The molecule has 0 saturated heterocycles. The first-order valence-electron chi connectivity index (χ1n) is 11.2. The van der Waals surface area contributed by atoms with Gasteiger partial charge in [-0.15, -0.1) is 0 Å². The third kappa shape index (κ3) is 4.88.